The predicted molar refractivity (Wildman–Crippen MR) is 72.1 cm³/mol. The van der Waals surface area contributed by atoms with Gasteiger partial charge in [0, 0.05) is 29.9 Å². The van der Waals surface area contributed by atoms with Gasteiger partial charge in [0.1, 0.15) is 0 Å². The van der Waals surface area contributed by atoms with Crippen molar-refractivity contribution in [2.45, 2.75) is 32.7 Å². The Labute approximate surface area is 107 Å². The molecule has 0 saturated carbocycles. The number of aryl methyl sites for hydroxylation is 2. The van der Waals surface area contributed by atoms with Gasteiger partial charge in [-0.2, -0.15) is 0 Å². The number of hydrogen-bond donors (Lipinski definition) is 2. The monoisotopic (exact) mass is 249 g/mol. The molecule has 0 aromatic heterocycles. The lowest BCUT2D eigenvalue weighted by atomic mass is 9.95. The van der Waals surface area contributed by atoms with Gasteiger partial charge in [0.15, 0.2) is 0 Å². The molecule has 0 radical (unpaired) electrons. The van der Waals surface area contributed by atoms with E-state index >= 15 is 0 Å². The maximum Gasteiger partial charge on any atom is 0.274 e. The number of nitro benzene ring substituents is 1. The van der Waals surface area contributed by atoms with Crippen LogP contribution in [0.4, 0.5) is 11.4 Å². The highest BCUT2D eigenvalue weighted by Gasteiger charge is 2.21. The number of benzene rings is 1. The summed E-state index contributed by atoms with van der Waals surface area (Å²) in [5, 5.41) is 17.6. The third-order valence-corrected chi connectivity index (χ3v) is 3.38. The number of anilines is 1. The lowest BCUT2D eigenvalue weighted by Gasteiger charge is -2.27. The minimum atomic E-state index is -0.314. The van der Waals surface area contributed by atoms with Crippen molar-refractivity contribution in [2.24, 2.45) is 0 Å². The molecule has 0 bridgehead atoms. The molecular weight excluding hydrogens is 230 g/mol. The predicted octanol–water partition coefficient (Wildman–Crippen LogP) is 2.24. The first-order valence-electron chi connectivity index (χ1n) is 6.37. The maximum atomic E-state index is 10.9. The molecule has 98 valence electrons. The summed E-state index contributed by atoms with van der Waals surface area (Å²) >= 11 is 0. The Kier molecular flexibility index (Phi) is 3.81. The Hall–Kier alpha value is -1.62. The molecule has 1 heterocycles. The third-order valence-electron chi connectivity index (χ3n) is 3.38. The number of likely N-dealkylation sites (N-methyl/N-ethyl adjacent to an activating group) is 1. The van der Waals surface area contributed by atoms with Gasteiger partial charge in [-0.15, -0.1) is 0 Å². The van der Waals surface area contributed by atoms with Gasteiger partial charge in [-0.1, -0.05) is 6.92 Å². The molecule has 5 nitrogen and oxygen atoms in total. The molecule has 5 heteroatoms. The van der Waals surface area contributed by atoms with Crippen molar-refractivity contribution in [1.82, 2.24) is 5.32 Å². The van der Waals surface area contributed by atoms with Gasteiger partial charge >= 0.3 is 0 Å². The minimum absolute atomic E-state index is 0.199. The van der Waals surface area contributed by atoms with Crippen LogP contribution in [0.2, 0.25) is 0 Å². The van der Waals surface area contributed by atoms with Gasteiger partial charge in [-0.25, -0.2) is 0 Å². The van der Waals surface area contributed by atoms with Crippen LogP contribution in [0.15, 0.2) is 12.1 Å². The van der Waals surface area contributed by atoms with E-state index < -0.39 is 0 Å². The summed E-state index contributed by atoms with van der Waals surface area (Å²) in [6.45, 7) is 5.71. The molecule has 0 spiro atoms. The van der Waals surface area contributed by atoms with Crippen LogP contribution in [0.25, 0.3) is 0 Å². The first kappa shape index (κ1) is 12.8. The Morgan fingerprint density at radius 2 is 2.33 bits per heavy atom. The highest BCUT2D eigenvalue weighted by Crippen LogP contribution is 2.31. The van der Waals surface area contributed by atoms with E-state index in [1.165, 1.54) is 5.56 Å². The number of fused-ring (bicyclic) bond motifs is 1. The van der Waals surface area contributed by atoms with Crippen LogP contribution in [0.3, 0.4) is 0 Å². The second-order valence-corrected chi connectivity index (χ2v) is 4.74. The molecule has 0 aliphatic carbocycles. The number of rotatable bonds is 4. The summed E-state index contributed by atoms with van der Waals surface area (Å²) in [6.07, 6.45) is 2.05. The van der Waals surface area contributed by atoms with Gasteiger partial charge < -0.3 is 10.6 Å². The number of nitrogens with zero attached hydrogens (tertiary/aromatic N) is 1. The largest absolute Gasteiger partial charge is 0.381 e. The summed E-state index contributed by atoms with van der Waals surface area (Å²) in [5.74, 6) is 0. The zero-order valence-electron chi connectivity index (χ0n) is 10.8. The molecule has 2 rings (SSSR count). The lowest BCUT2D eigenvalue weighted by Crippen LogP contribution is -2.35. The van der Waals surface area contributed by atoms with Gasteiger partial charge in [0.05, 0.1) is 4.92 Å². The summed E-state index contributed by atoms with van der Waals surface area (Å²) in [6, 6.07) is 3.96. The fourth-order valence-electron chi connectivity index (χ4n) is 2.39. The smallest absolute Gasteiger partial charge is 0.274 e. The van der Waals surface area contributed by atoms with Gasteiger partial charge in [-0.3, -0.25) is 10.1 Å². The van der Waals surface area contributed by atoms with Crippen LogP contribution in [0.1, 0.15) is 24.5 Å². The van der Waals surface area contributed by atoms with Crippen molar-refractivity contribution in [2.75, 3.05) is 18.4 Å². The summed E-state index contributed by atoms with van der Waals surface area (Å²) in [7, 11) is 0. The molecule has 1 aromatic rings. The molecular formula is C13H19N3O2. The fourth-order valence-corrected chi connectivity index (χ4v) is 2.39. The van der Waals surface area contributed by atoms with E-state index in [1.54, 1.807) is 13.0 Å². The Morgan fingerprint density at radius 1 is 1.56 bits per heavy atom. The molecule has 0 fully saturated rings. The van der Waals surface area contributed by atoms with Crippen molar-refractivity contribution in [3.8, 4) is 0 Å². The highest BCUT2D eigenvalue weighted by molar-refractivity contribution is 5.62. The second-order valence-electron chi connectivity index (χ2n) is 4.74. The zero-order chi connectivity index (χ0) is 13.1. The average Bonchev–Trinajstić information content (AvgIpc) is 2.35. The van der Waals surface area contributed by atoms with Crippen LogP contribution >= 0.6 is 0 Å². The zero-order valence-corrected chi connectivity index (χ0v) is 10.8. The van der Waals surface area contributed by atoms with E-state index in [0.29, 0.717) is 6.04 Å². The van der Waals surface area contributed by atoms with E-state index in [2.05, 4.69) is 17.6 Å². The Morgan fingerprint density at radius 3 is 3.00 bits per heavy atom. The molecule has 1 aliphatic rings. The Bertz CT molecular complexity index is 460. The molecule has 1 aromatic carbocycles. The Balaban J connectivity index is 2.20. The van der Waals surface area contributed by atoms with Crippen molar-refractivity contribution in [3.05, 3.63) is 33.4 Å². The fraction of sp³-hybridized carbons (Fsp3) is 0.538. The summed E-state index contributed by atoms with van der Waals surface area (Å²) in [5.41, 5.74) is 3.04. The van der Waals surface area contributed by atoms with E-state index in [-0.39, 0.29) is 10.6 Å². The van der Waals surface area contributed by atoms with Gasteiger partial charge in [0.2, 0.25) is 0 Å². The maximum absolute atomic E-state index is 10.9. The molecule has 18 heavy (non-hydrogen) atoms. The van der Waals surface area contributed by atoms with Crippen LogP contribution < -0.4 is 10.6 Å². The van der Waals surface area contributed by atoms with Crippen LogP contribution in [0, 0.1) is 17.0 Å². The molecule has 1 unspecified atom stereocenters. The normalized spacial score (nSPS) is 18.0. The van der Waals surface area contributed by atoms with Crippen LogP contribution in [-0.4, -0.2) is 24.1 Å². The van der Waals surface area contributed by atoms with Crippen molar-refractivity contribution in [3.63, 3.8) is 0 Å². The molecule has 1 aliphatic heterocycles. The van der Waals surface area contributed by atoms with Crippen LogP contribution in [-0.2, 0) is 6.42 Å². The molecule has 2 N–H and O–H groups in total. The molecule has 0 saturated heterocycles. The van der Waals surface area contributed by atoms with Crippen molar-refractivity contribution in [1.29, 1.82) is 0 Å². The average molecular weight is 249 g/mol. The molecule has 0 amide bonds. The lowest BCUT2D eigenvalue weighted by molar-refractivity contribution is -0.385. The first-order valence-corrected chi connectivity index (χ1v) is 6.37. The quantitative estimate of drug-likeness (QED) is 0.634. The van der Waals surface area contributed by atoms with E-state index in [4.69, 9.17) is 0 Å². The first-order chi connectivity index (χ1) is 8.61. The van der Waals surface area contributed by atoms with Crippen LogP contribution in [0.5, 0.6) is 0 Å². The van der Waals surface area contributed by atoms with E-state index in [9.17, 15) is 10.1 Å². The standard InChI is InChI=1S/C13H19N3O2/c1-3-14-8-11-5-4-10-6-9(2)13(16(17)18)7-12(10)15-11/h6-7,11,14-15H,3-5,8H2,1-2H3. The SMILES string of the molecule is CCNCC1CCc2cc(C)c([N+](=O)[O-])cc2N1. The van der Waals surface area contributed by atoms with Crippen molar-refractivity contribution < 1.29 is 4.92 Å². The topological polar surface area (TPSA) is 67.2 Å². The molecule has 1 atom stereocenters. The summed E-state index contributed by atoms with van der Waals surface area (Å²) in [4.78, 5) is 10.6. The number of nitrogens with one attached hydrogen (secondary N) is 2. The number of nitro groups is 1. The number of hydrogen-bond acceptors (Lipinski definition) is 4. The second kappa shape index (κ2) is 5.35. The summed E-state index contributed by atoms with van der Waals surface area (Å²) < 4.78 is 0. The van der Waals surface area contributed by atoms with Crippen molar-refractivity contribution >= 4 is 11.4 Å². The highest BCUT2D eigenvalue weighted by atomic mass is 16.6. The van der Waals surface area contributed by atoms with E-state index in [1.807, 2.05) is 6.07 Å². The third kappa shape index (κ3) is 2.61. The minimum Gasteiger partial charge on any atom is -0.381 e. The van der Waals surface area contributed by atoms with E-state index in [0.717, 1.165) is 37.2 Å². The van der Waals surface area contributed by atoms with Gasteiger partial charge in [0.25, 0.3) is 5.69 Å². The van der Waals surface area contributed by atoms with Gasteiger partial charge in [-0.05, 0) is 37.9 Å².